The topological polar surface area (TPSA) is 48.2 Å². The first-order valence-electron chi connectivity index (χ1n) is 20.0. The fourth-order valence-corrected chi connectivity index (χ4v) is 9.80. The van der Waals surface area contributed by atoms with Crippen LogP contribution < -0.4 is 4.74 Å². The molecule has 1 spiro atoms. The Morgan fingerprint density at radius 2 is 1.19 bits per heavy atom. The van der Waals surface area contributed by atoms with Crippen molar-refractivity contribution in [3.63, 3.8) is 0 Å². The lowest BCUT2D eigenvalue weighted by molar-refractivity contribution is 0.435. The SMILES string of the molecule is CC1C=CC(c2cccc3c2Oc2ccccc2C32c3ccccc3-c3ccccc32)=C(c2cc(-c3ccc4c(c3)oc3ccccc34)nc(-c3ccccc3)n2)C1. The van der Waals surface area contributed by atoms with Gasteiger partial charge < -0.3 is 9.15 Å². The fourth-order valence-electron chi connectivity index (χ4n) is 9.80. The van der Waals surface area contributed by atoms with Gasteiger partial charge in [0, 0.05) is 38.6 Å². The van der Waals surface area contributed by atoms with E-state index in [1.54, 1.807) is 0 Å². The normalized spacial score (nSPS) is 15.9. The van der Waals surface area contributed by atoms with Gasteiger partial charge in [0.2, 0.25) is 0 Å². The van der Waals surface area contributed by atoms with Gasteiger partial charge in [0.05, 0.1) is 16.8 Å². The third-order valence-electron chi connectivity index (χ3n) is 12.3. The van der Waals surface area contributed by atoms with E-state index in [0.29, 0.717) is 11.7 Å². The highest BCUT2D eigenvalue weighted by molar-refractivity contribution is 6.06. The van der Waals surface area contributed by atoms with Crippen LogP contribution in [0.5, 0.6) is 11.5 Å². The van der Waals surface area contributed by atoms with Gasteiger partial charge >= 0.3 is 0 Å². The number of allylic oxidation sites excluding steroid dienone is 4. The molecule has 58 heavy (non-hydrogen) atoms. The molecule has 2 aliphatic carbocycles. The summed E-state index contributed by atoms with van der Waals surface area (Å²) in [7, 11) is 0. The average Bonchev–Trinajstić information content (AvgIpc) is 3.80. The van der Waals surface area contributed by atoms with Crippen LogP contribution in [0.25, 0.3) is 66.9 Å². The zero-order valence-electron chi connectivity index (χ0n) is 31.8. The average molecular weight is 745 g/mol. The van der Waals surface area contributed by atoms with Gasteiger partial charge in [0.25, 0.3) is 0 Å². The van der Waals surface area contributed by atoms with Crippen molar-refractivity contribution in [2.45, 2.75) is 18.8 Å². The molecule has 1 unspecified atom stereocenters. The minimum Gasteiger partial charge on any atom is -0.456 e. The van der Waals surface area contributed by atoms with Crippen LogP contribution in [-0.4, -0.2) is 9.97 Å². The van der Waals surface area contributed by atoms with E-state index in [0.717, 1.165) is 90.2 Å². The van der Waals surface area contributed by atoms with E-state index in [1.165, 1.54) is 22.3 Å². The summed E-state index contributed by atoms with van der Waals surface area (Å²) in [6, 6.07) is 60.1. The van der Waals surface area contributed by atoms with E-state index < -0.39 is 5.41 Å². The minimum absolute atomic E-state index is 0.311. The zero-order valence-corrected chi connectivity index (χ0v) is 31.8. The predicted octanol–water partition coefficient (Wildman–Crippen LogP) is 13.7. The predicted molar refractivity (Wildman–Crippen MR) is 234 cm³/mol. The molecule has 0 amide bonds. The number of furan rings is 1. The first kappa shape index (κ1) is 32.9. The lowest BCUT2D eigenvalue weighted by Crippen LogP contribution is -2.32. The van der Waals surface area contributed by atoms with Crippen LogP contribution in [-0.2, 0) is 5.41 Å². The summed E-state index contributed by atoms with van der Waals surface area (Å²) >= 11 is 0. The molecule has 1 aliphatic heterocycles. The van der Waals surface area contributed by atoms with Crippen LogP contribution in [0.2, 0.25) is 0 Å². The molecular formula is C54H36N2O2. The Morgan fingerprint density at radius 3 is 2.02 bits per heavy atom. The van der Waals surface area contributed by atoms with Crippen LogP contribution in [0, 0.1) is 5.92 Å². The number of hydrogen-bond acceptors (Lipinski definition) is 4. The van der Waals surface area contributed by atoms with Gasteiger partial charge in [-0.3, -0.25) is 0 Å². The highest BCUT2D eigenvalue weighted by Gasteiger charge is 2.51. The molecule has 2 aromatic heterocycles. The summed E-state index contributed by atoms with van der Waals surface area (Å²) in [4.78, 5) is 10.6. The van der Waals surface area contributed by atoms with Gasteiger partial charge in [-0.1, -0.05) is 159 Å². The summed E-state index contributed by atoms with van der Waals surface area (Å²) in [5.74, 6) is 2.75. The van der Waals surface area contributed by atoms with Gasteiger partial charge in [-0.05, 0) is 76.1 Å². The largest absolute Gasteiger partial charge is 0.456 e. The Bertz CT molecular complexity index is 3160. The molecule has 0 bridgehead atoms. The molecule has 274 valence electrons. The number of benzene rings is 7. The van der Waals surface area contributed by atoms with Crippen molar-refractivity contribution in [2.75, 3.05) is 0 Å². The first-order valence-corrected chi connectivity index (χ1v) is 20.0. The van der Waals surface area contributed by atoms with E-state index in [2.05, 4.69) is 159 Å². The number of ether oxygens (including phenoxy) is 1. The van der Waals surface area contributed by atoms with Crippen molar-refractivity contribution in [3.8, 4) is 45.3 Å². The molecule has 3 heterocycles. The van der Waals surface area contributed by atoms with E-state index in [-0.39, 0.29) is 0 Å². The summed E-state index contributed by atoms with van der Waals surface area (Å²) in [5, 5.41) is 2.20. The number of fused-ring (bicyclic) bond motifs is 12. The number of aromatic nitrogens is 2. The van der Waals surface area contributed by atoms with E-state index in [4.69, 9.17) is 19.1 Å². The van der Waals surface area contributed by atoms with Gasteiger partial charge in [0.1, 0.15) is 22.7 Å². The highest BCUT2D eigenvalue weighted by Crippen LogP contribution is 2.63. The quantitative estimate of drug-likeness (QED) is 0.180. The lowest BCUT2D eigenvalue weighted by atomic mass is 9.65. The van der Waals surface area contributed by atoms with Crippen molar-refractivity contribution in [2.24, 2.45) is 5.92 Å². The molecule has 4 heteroatoms. The summed E-state index contributed by atoms with van der Waals surface area (Å²) < 4.78 is 13.5. The Kier molecular flexibility index (Phi) is 7.15. The Hall–Kier alpha value is -7.30. The van der Waals surface area contributed by atoms with Gasteiger partial charge in [-0.25, -0.2) is 9.97 Å². The maximum atomic E-state index is 7.13. The minimum atomic E-state index is -0.544. The first-order chi connectivity index (χ1) is 28.6. The van der Waals surface area contributed by atoms with Gasteiger partial charge in [-0.2, -0.15) is 0 Å². The molecule has 4 nitrogen and oxygen atoms in total. The van der Waals surface area contributed by atoms with E-state index >= 15 is 0 Å². The molecule has 0 radical (unpaired) electrons. The summed E-state index contributed by atoms with van der Waals surface area (Å²) in [6.45, 7) is 2.28. The lowest BCUT2D eigenvalue weighted by Gasteiger charge is -2.40. The molecule has 1 atom stereocenters. The number of para-hydroxylation sites is 3. The second kappa shape index (κ2) is 12.6. The fraction of sp³-hybridized carbons (Fsp3) is 0.0741. The number of hydrogen-bond donors (Lipinski definition) is 0. The van der Waals surface area contributed by atoms with Gasteiger partial charge in [0.15, 0.2) is 5.82 Å². The van der Waals surface area contributed by atoms with Crippen LogP contribution in [0.15, 0.2) is 186 Å². The van der Waals surface area contributed by atoms with Crippen molar-refractivity contribution in [3.05, 3.63) is 216 Å². The van der Waals surface area contributed by atoms with Gasteiger partial charge in [-0.15, -0.1) is 0 Å². The highest BCUT2D eigenvalue weighted by atomic mass is 16.5. The van der Waals surface area contributed by atoms with Crippen LogP contribution in [0.4, 0.5) is 0 Å². The van der Waals surface area contributed by atoms with Crippen LogP contribution >= 0.6 is 0 Å². The Morgan fingerprint density at radius 1 is 0.534 bits per heavy atom. The monoisotopic (exact) mass is 744 g/mol. The maximum absolute atomic E-state index is 7.13. The molecule has 12 rings (SSSR count). The molecular weight excluding hydrogens is 709 g/mol. The van der Waals surface area contributed by atoms with E-state index in [9.17, 15) is 0 Å². The second-order valence-electron chi connectivity index (χ2n) is 15.7. The summed E-state index contributed by atoms with van der Waals surface area (Å²) in [6.07, 6.45) is 5.42. The third kappa shape index (κ3) is 4.75. The van der Waals surface area contributed by atoms with Crippen molar-refractivity contribution in [1.29, 1.82) is 0 Å². The Balaban J connectivity index is 1.10. The molecule has 0 N–H and O–H groups in total. The third-order valence-corrected chi connectivity index (χ3v) is 12.3. The number of rotatable bonds is 4. The molecule has 7 aromatic carbocycles. The Labute approximate surface area is 336 Å². The van der Waals surface area contributed by atoms with Crippen LogP contribution in [0.3, 0.4) is 0 Å². The second-order valence-corrected chi connectivity index (χ2v) is 15.7. The zero-order chi connectivity index (χ0) is 38.4. The molecule has 9 aromatic rings. The summed E-state index contributed by atoms with van der Waals surface area (Å²) in [5.41, 5.74) is 15.6. The smallest absolute Gasteiger partial charge is 0.160 e. The maximum Gasteiger partial charge on any atom is 0.160 e. The molecule has 0 saturated heterocycles. The van der Waals surface area contributed by atoms with E-state index in [1.807, 2.05) is 30.3 Å². The van der Waals surface area contributed by atoms with Crippen LogP contribution in [0.1, 0.15) is 46.9 Å². The van der Waals surface area contributed by atoms with Crippen molar-refractivity contribution >= 4 is 33.1 Å². The van der Waals surface area contributed by atoms with Crippen molar-refractivity contribution < 1.29 is 9.15 Å². The molecule has 0 saturated carbocycles. The standard InChI is InChI=1S/C54H36N2O2/c1-33-26-28-36(41-19-13-23-46-52(41)58-50-25-12-10-22-45(50)54(46)43-20-8-5-16-37(43)38-17-6-9-21-44(38)54)42(30-33)48-32-47(55-53(56-48)34-14-3-2-4-15-34)35-27-29-40-39-18-7-11-24-49(39)57-51(40)31-35/h2-29,31-33H,30H2,1H3. The molecule has 0 fully saturated rings. The number of nitrogens with zero attached hydrogens (tertiary/aromatic N) is 2. The molecule has 3 aliphatic rings. The van der Waals surface area contributed by atoms with Crippen molar-refractivity contribution in [1.82, 2.24) is 9.97 Å².